The van der Waals surface area contributed by atoms with Crippen LogP contribution in [-0.2, 0) is 9.84 Å². The molecule has 1 aromatic carbocycles. The Morgan fingerprint density at radius 2 is 2.19 bits per heavy atom. The summed E-state index contributed by atoms with van der Waals surface area (Å²) in [5.41, 5.74) is 0.0522. The zero-order chi connectivity index (χ0) is 12.3. The molecular weight excluding hydrogens is 297 g/mol. The summed E-state index contributed by atoms with van der Waals surface area (Å²) < 4.78 is 36.2. The molecule has 3 nitrogen and oxygen atoms in total. The molecule has 0 saturated carbocycles. The Balaban J connectivity index is 3.37. The molecule has 0 unspecified atom stereocenters. The van der Waals surface area contributed by atoms with Crippen molar-refractivity contribution >= 4 is 31.8 Å². The highest BCUT2D eigenvalue weighted by Crippen LogP contribution is 2.19. The number of halogens is 2. The lowest BCUT2D eigenvalue weighted by Gasteiger charge is -1.99. The monoisotopic (exact) mass is 303 g/mol. The largest absolute Gasteiger partial charge is 0.223 e. The molecule has 1 aromatic rings. The molecule has 0 atom stereocenters. The van der Waals surface area contributed by atoms with Crippen molar-refractivity contribution < 1.29 is 12.8 Å². The predicted molar refractivity (Wildman–Crippen MR) is 62.5 cm³/mol. The molecule has 0 heterocycles. The maximum Gasteiger partial charge on any atom is 0.185 e. The quantitative estimate of drug-likeness (QED) is 0.789. The first-order valence-corrected chi connectivity index (χ1v) is 6.80. The predicted octanol–water partition coefficient (Wildman–Crippen LogP) is 2.50. The molecule has 6 heteroatoms. The van der Waals surface area contributed by atoms with Gasteiger partial charge in [0.2, 0.25) is 0 Å². The molecule has 0 aliphatic heterocycles. The van der Waals surface area contributed by atoms with Gasteiger partial charge in [0.25, 0.3) is 0 Å². The van der Waals surface area contributed by atoms with Crippen LogP contribution in [0.15, 0.2) is 27.6 Å². The molecule has 0 spiro atoms. The van der Waals surface area contributed by atoms with Gasteiger partial charge in [0, 0.05) is 16.3 Å². The van der Waals surface area contributed by atoms with Crippen molar-refractivity contribution in [2.45, 2.75) is 0 Å². The molecule has 1 rings (SSSR count). The Kier molecular flexibility index (Phi) is 3.83. The number of nitrogens with zero attached hydrogens (tertiary/aromatic N) is 1. The standard InChI is InChI=1S/C10H7BrFNO2S/c1-16(14,15)9(6-13)5-7-4-8(11)2-3-10(7)12/h2-5H,1H3/b9-5+. The molecular formula is C10H7BrFNO2S. The molecule has 0 saturated heterocycles. The fourth-order valence-corrected chi connectivity index (χ4v) is 1.87. The second-order valence-corrected chi connectivity index (χ2v) is 5.96. The summed E-state index contributed by atoms with van der Waals surface area (Å²) in [6.07, 6.45) is 1.91. The van der Waals surface area contributed by atoms with Crippen molar-refractivity contribution in [2.24, 2.45) is 0 Å². The van der Waals surface area contributed by atoms with Crippen LogP contribution in [0.1, 0.15) is 5.56 Å². The molecule has 16 heavy (non-hydrogen) atoms. The summed E-state index contributed by atoms with van der Waals surface area (Å²) in [6.45, 7) is 0. The van der Waals surface area contributed by atoms with Crippen LogP contribution in [0.3, 0.4) is 0 Å². The first kappa shape index (κ1) is 12.9. The molecule has 0 amide bonds. The van der Waals surface area contributed by atoms with E-state index in [1.54, 1.807) is 0 Å². The van der Waals surface area contributed by atoms with Gasteiger partial charge < -0.3 is 0 Å². The fourth-order valence-electron chi connectivity index (χ4n) is 0.989. The van der Waals surface area contributed by atoms with Crippen molar-refractivity contribution in [1.82, 2.24) is 0 Å². The number of hydrogen-bond acceptors (Lipinski definition) is 3. The van der Waals surface area contributed by atoms with Crippen molar-refractivity contribution in [3.63, 3.8) is 0 Å². The lowest BCUT2D eigenvalue weighted by molar-refractivity contribution is 0.609. The first-order chi connectivity index (χ1) is 7.34. The topological polar surface area (TPSA) is 57.9 Å². The Hall–Kier alpha value is -1.19. The van der Waals surface area contributed by atoms with Crippen molar-refractivity contribution in [3.8, 4) is 6.07 Å². The van der Waals surface area contributed by atoms with E-state index in [0.29, 0.717) is 4.47 Å². The number of rotatable bonds is 2. The van der Waals surface area contributed by atoms with Crippen LogP contribution < -0.4 is 0 Å². The van der Waals surface area contributed by atoms with Crippen LogP contribution in [-0.4, -0.2) is 14.7 Å². The van der Waals surface area contributed by atoms with E-state index in [0.717, 1.165) is 12.3 Å². The molecule has 0 aliphatic rings. The molecule has 84 valence electrons. The van der Waals surface area contributed by atoms with Gasteiger partial charge >= 0.3 is 0 Å². The fraction of sp³-hybridized carbons (Fsp3) is 0.100. The third kappa shape index (κ3) is 3.15. The number of sulfone groups is 1. The molecule has 0 aliphatic carbocycles. The smallest absolute Gasteiger partial charge is 0.185 e. The van der Waals surface area contributed by atoms with E-state index in [-0.39, 0.29) is 5.56 Å². The highest BCUT2D eigenvalue weighted by atomic mass is 79.9. The maximum absolute atomic E-state index is 13.3. The van der Waals surface area contributed by atoms with Crippen LogP contribution in [0.4, 0.5) is 4.39 Å². The normalized spacial score (nSPS) is 12.2. The molecule has 0 radical (unpaired) electrons. The van der Waals surface area contributed by atoms with Gasteiger partial charge in [0.15, 0.2) is 9.84 Å². The highest BCUT2D eigenvalue weighted by molar-refractivity contribution is 9.10. The Bertz CT molecular complexity index is 587. The summed E-state index contributed by atoms with van der Waals surface area (Å²) in [5, 5.41) is 8.65. The van der Waals surface area contributed by atoms with Crippen LogP contribution in [0.2, 0.25) is 0 Å². The lowest BCUT2D eigenvalue weighted by Crippen LogP contribution is -1.98. The summed E-state index contributed by atoms with van der Waals surface area (Å²) in [6, 6.07) is 5.60. The second-order valence-electron chi connectivity index (χ2n) is 3.06. The number of hydrogen-bond donors (Lipinski definition) is 0. The van der Waals surface area contributed by atoms with Crippen LogP contribution in [0.25, 0.3) is 6.08 Å². The first-order valence-electron chi connectivity index (χ1n) is 4.11. The zero-order valence-corrected chi connectivity index (χ0v) is 10.6. The number of nitriles is 1. The van der Waals surface area contributed by atoms with Gasteiger partial charge in [-0.15, -0.1) is 0 Å². The van der Waals surface area contributed by atoms with Gasteiger partial charge in [-0.2, -0.15) is 5.26 Å². The van der Waals surface area contributed by atoms with Gasteiger partial charge in [0.05, 0.1) is 0 Å². The Labute approximate surface area is 101 Å². The van der Waals surface area contributed by atoms with Crippen molar-refractivity contribution in [2.75, 3.05) is 6.26 Å². The Morgan fingerprint density at radius 1 is 1.56 bits per heavy atom. The lowest BCUT2D eigenvalue weighted by atomic mass is 10.2. The summed E-state index contributed by atoms with van der Waals surface area (Å²) in [4.78, 5) is -0.468. The zero-order valence-electron chi connectivity index (χ0n) is 8.24. The van der Waals surface area contributed by atoms with Gasteiger partial charge in [-0.25, -0.2) is 12.8 Å². The summed E-state index contributed by atoms with van der Waals surface area (Å²) in [5.74, 6) is -0.584. The minimum absolute atomic E-state index is 0.0522. The third-order valence-corrected chi connectivity index (χ3v) is 3.26. The highest BCUT2D eigenvalue weighted by Gasteiger charge is 2.11. The van der Waals surface area contributed by atoms with E-state index in [4.69, 9.17) is 5.26 Å². The van der Waals surface area contributed by atoms with Crippen LogP contribution >= 0.6 is 15.9 Å². The second kappa shape index (κ2) is 4.76. The molecule has 0 bridgehead atoms. The van der Waals surface area contributed by atoms with E-state index < -0.39 is 20.6 Å². The third-order valence-electron chi connectivity index (χ3n) is 1.75. The average molecular weight is 304 g/mol. The molecule has 0 aromatic heterocycles. The van der Waals surface area contributed by atoms with Gasteiger partial charge in [-0.05, 0) is 24.3 Å². The van der Waals surface area contributed by atoms with Gasteiger partial charge in [0.1, 0.15) is 16.8 Å². The van der Waals surface area contributed by atoms with E-state index in [9.17, 15) is 12.8 Å². The molecule has 0 N–H and O–H groups in total. The van der Waals surface area contributed by atoms with E-state index >= 15 is 0 Å². The number of benzene rings is 1. The van der Waals surface area contributed by atoms with E-state index in [1.165, 1.54) is 24.3 Å². The summed E-state index contributed by atoms with van der Waals surface area (Å²) in [7, 11) is -3.62. The molecule has 0 fully saturated rings. The number of allylic oxidation sites excluding steroid dienone is 1. The van der Waals surface area contributed by atoms with Crippen LogP contribution in [0.5, 0.6) is 0 Å². The van der Waals surface area contributed by atoms with Crippen LogP contribution in [0, 0.1) is 17.1 Å². The van der Waals surface area contributed by atoms with Gasteiger partial charge in [-0.3, -0.25) is 0 Å². The average Bonchev–Trinajstić information content (AvgIpc) is 2.17. The van der Waals surface area contributed by atoms with Crippen molar-refractivity contribution in [3.05, 3.63) is 39.0 Å². The van der Waals surface area contributed by atoms with Gasteiger partial charge in [-0.1, -0.05) is 15.9 Å². The SMILES string of the molecule is CS(=O)(=O)/C(C#N)=C/c1cc(Br)ccc1F. The van der Waals surface area contributed by atoms with E-state index in [1.807, 2.05) is 0 Å². The maximum atomic E-state index is 13.3. The van der Waals surface area contributed by atoms with Crippen molar-refractivity contribution in [1.29, 1.82) is 5.26 Å². The van der Waals surface area contributed by atoms with E-state index in [2.05, 4.69) is 15.9 Å². The summed E-state index contributed by atoms with van der Waals surface area (Å²) >= 11 is 3.13. The minimum Gasteiger partial charge on any atom is -0.223 e. The minimum atomic E-state index is -3.62. The Morgan fingerprint density at radius 3 is 2.69 bits per heavy atom.